The number of rotatable bonds is 51. The van der Waals surface area contributed by atoms with E-state index in [1.165, 1.54) is 141 Å². The molecule has 6 nitrogen and oxygen atoms in total. The predicted octanol–water partition coefficient (Wildman–Crippen LogP) is 18.1. The van der Waals surface area contributed by atoms with Crippen molar-refractivity contribution in [1.29, 1.82) is 0 Å². The molecule has 0 rings (SSSR count). The van der Waals surface area contributed by atoms with Gasteiger partial charge in [-0.15, -0.1) is 0 Å². The third-order valence-electron chi connectivity index (χ3n) is 13.5. The van der Waals surface area contributed by atoms with Crippen molar-refractivity contribution in [3.05, 3.63) is 24.3 Å². The number of aliphatic hydroxyl groups is 1. The van der Waals surface area contributed by atoms with Crippen LogP contribution in [0.25, 0.3) is 0 Å². The maximum atomic E-state index is 12.3. The SMILES string of the molecule is CCCCCCCC/C=C\CCCCCCCC(=O)OCCCCCCC(O)(CCCCCCOC(=O)CCCCCCC/C=C\CCCCCCCC)CCCCN(C(C)C)C(C)C. The lowest BCUT2D eigenvalue weighted by Gasteiger charge is -2.32. The standard InChI is InChI=1S/C59H113NO5/c1-7-9-11-13-15-17-19-21-23-25-27-29-31-33-39-47-57(61)64-53-45-37-35-41-49-59(63,51-43-44-52-60(55(3)4)56(5)6)50-42-36-38-46-54-65-58(62)48-40-34-32-30-28-26-24-22-20-18-16-14-12-10-8-2/h21-24,55-56,63H,7-20,25-54H2,1-6H3/b23-21-,24-22-. The van der Waals surface area contributed by atoms with Gasteiger partial charge in [0.25, 0.3) is 0 Å². The summed E-state index contributed by atoms with van der Waals surface area (Å²) in [5.74, 6) is -0.0881. The maximum absolute atomic E-state index is 12.3. The van der Waals surface area contributed by atoms with Crippen LogP contribution in [0.4, 0.5) is 0 Å². The molecule has 6 heteroatoms. The fourth-order valence-corrected chi connectivity index (χ4v) is 9.25. The van der Waals surface area contributed by atoms with E-state index in [2.05, 4.69) is 70.7 Å². The predicted molar refractivity (Wildman–Crippen MR) is 283 cm³/mol. The van der Waals surface area contributed by atoms with E-state index in [1.54, 1.807) is 0 Å². The molecule has 1 N–H and O–H groups in total. The topological polar surface area (TPSA) is 76.1 Å². The third-order valence-corrected chi connectivity index (χ3v) is 13.5. The van der Waals surface area contributed by atoms with Crippen LogP contribution in [-0.4, -0.2) is 59.4 Å². The molecule has 0 saturated heterocycles. The number of esters is 2. The summed E-state index contributed by atoms with van der Waals surface area (Å²) in [5.41, 5.74) is -0.618. The lowest BCUT2D eigenvalue weighted by Crippen LogP contribution is -2.38. The molecular weight excluding hydrogens is 803 g/mol. The van der Waals surface area contributed by atoms with Crippen LogP contribution in [0.2, 0.25) is 0 Å². The number of nitrogens with zero attached hydrogens (tertiary/aromatic N) is 1. The zero-order valence-electron chi connectivity index (χ0n) is 44.6. The van der Waals surface area contributed by atoms with E-state index in [4.69, 9.17) is 9.47 Å². The van der Waals surface area contributed by atoms with Gasteiger partial charge in [-0.1, -0.05) is 179 Å². The van der Waals surface area contributed by atoms with E-state index in [-0.39, 0.29) is 11.9 Å². The van der Waals surface area contributed by atoms with Crippen molar-refractivity contribution in [2.24, 2.45) is 0 Å². The molecule has 0 radical (unpaired) electrons. The Balaban J connectivity index is 4.16. The van der Waals surface area contributed by atoms with Gasteiger partial charge >= 0.3 is 11.9 Å². The van der Waals surface area contributed by atoms with Gasteiger partial charge in [-0.3, -0.25) is 14.5 Å². The molecule has 0 unspecified atom stereocenters. The number of allylic oxidation sites excluding steroid dienone is 4. The van der Waals surface area contributed by atoms with Crippen molar-refractivity contribution < 1.29 is 24.2 Å². The molecule has 0 aliphatic heterocycles. The summed E-state index contributed by atoms with van der Waals surface area (Å²) < 4.78 is 11.1. The van der Waals surface area contributed by atoms with Crippen molar-refractivity contribution in [3.8, 4) is 0 Å². The van der Waals surface area contributed by atoms with Crippen LogP contribution in [0.3, 0.4) is 0 Å². The molecule has 0 aliphatic carbocycles. The molecule has 0 aliphatic rings. The molecule has 65 heavy (non-hydrogen) atoms. The largest absolute Gasteiger partial charge is 0.466 e. The Bertz CT molecular complexity index is 995. The minimum absolute atomic E-state index is 0.0441. The quantitative estimate of drug-likeness (QED) is 0.0372. The molecule has 0 saturated carbocycles. The Morgan fingerprint density at radius 3 is 1.06 bits per heavy atom. The summed E-state index contributed by atoms with van der Waals surface area (Å²) in [5, 5.41) is 11.8. The van der Waals surface area contributed by atoms with Crippen molar-refractivity contribution >= 4 is 11.9 Å². The molecular formula is C59H113NO5. The summed E-state index contributed by atoms with van der Waals surface area (Å²) in [7, 11) is 0. The zero-order valence-corrected chi connectivity index (χ0v) is 44.6. The second-order valence-corrected chi connectivity index (χ2v) is 20.5. The zero-order chi connectivity index (χ0) is 47.7. The average Bonchev–Trinajstić information content (AvgIpc) is 3.28. The lowest BCUT2D eigenvalue weighted by atomic mass is 9.85. The Morgan fingerprint density at radius 2 is 0.708 bits per heavy atom. The normalized spacial score (nSPS) is 12.3. The second-order valence-electron chi connectivity index (χ2n) is 20.5. The first kappa shape index (κ1) is 63.3. The molecule has 0 spiro atoms. The summed E-state index contributed by atoms with van der Waals surface area (Å²) in [6, 6.07) is 1.07. The van der Waals surface area contributed by atoms with Crippen LogP contribution in [0.1, 0.15) is 305 Å². The van der Waals surface area contributed by atoms with Gasteiger partial charge in [-0.05, 0) is 143 Å². The van der Waals surface area contributed by atoms with E-state index in [1.807, 2.05) is 0 Å². The Hall–Kier alpha value is -1.66. The highest BCUT2D eigenvalue weighted by Crippen LogP contribution is 2.29. The molecule has 0 amide bonds. The van der Waals surface area contributed by atoms with Crippen LogP contribution in [0.5, 0.6) is 0 Å². The van der Waals surface area contributed by atoms with Gasteiger partial charge in [0, 0.05) is 24.9 Å². The average molecular weight is 917 g/mol. The first-order chi connectivity index (χ1) is 31.6. The number of hydrogen-bond acceptors (Lipinski definition) is 6. The number of hydrogen-bond donors (Lipinski definition) is 1. The van der Waals surface area contributed by atoms with Gasteiger partial charge < -0.3 is 14.6 Å². The van der Waals surface area contributed by atoms with E-state index in [9.17, 15) is 14.7 Å². The molecule has 384 valence electrons. The number of carbonyl (C=O) groups excluding carboxylic acids is 2. The smallest absolute Gasteiger partial charge is 0.305 e. The van der Waals surface area contributed by atoms with E-state index in [0.717, 1.165) is 116 Å². The second kappa shape index (κ2) is 48.8. The highest BCUT2D eigenvalue weighted by Gasteiger charge is 2.25. The number of ether oxygens (including phenoxy) is 2. The molecule has 0 aromatic carbocycles. The summed E-state index contributed by atoms with van der Waals surface area (Å²) >= 11 is 0. The third kappa shape index (κ3) is 45.9. The summed E-state index contributed by atoms with van der Waals surface area (Å²) in [6.07, 6.45) is 56.0. The molecule has 0 bridgehead atoms. The Morgan fingerprint density at radius 1 is 0.415 bits per heavy atom. The fraction of sp³-hybridized carbons (Fsp3) is 0.898. The molecule has 0 aromatic rings. The van der Waals surface area contributed by atoms with Gasteiger partial charge in [0.05, 0.1) is 18.8 Å². The minimum Gasteiger partial charge on any atom is -0.466 e. The highest BCUT2D eigenvalue weighted by atomic mass is 16.5. The maximum Gasteiger partial charge on any atom is 0.305 e. The molecule has 0 fully saturated rings. The van der Waals surface area contributed by atoms with Crippen molar-refractivity contribution in [3.63, 3.8) is 0 Å². The van der Waals surface area contributed by atoms with Crippen molar-refractivity contribution in [2.75, 3.05) is 19.8 Å². The summed E-state index contributed by atoms with van der Waals surface area (Å²) in [6.45, 7) is 15.8. The van der Waals surface area contributed by atoms with Gasteiger partial charge in [-0.25, -0.2) is 0 Å². The van der Waals surface area contributed by atoms with Gasteiger partial charge in [-0.2, -0.15) is 0 Å². The first-order valence-electron chi connectivity index (χ1n) is 28.7. The van der Waals surface area contributed by atoms with Crippen LogP contribution < -0.4 is 0 Å². The minimum atomic E-state index is -0.618. The van der Waals surface area contributed by atoms with Crippen LogP contribution in [0.15, 0.2) is 24.3 Å². The van der Waals surface area contributed by atoms with Gasteiger partial charge in [0.2, 0.25) is 0 Å². The lowest BCUT2D eigenvalue weighted by molar-refractivity contribution is -0.144. The molecule has 0 aromatic heterocycles. The monoisotopic (exact) mass is 916 g/mol. The molecule has 0 heterocycles. The van der Waals surface area contributed by atoms with Gasteiger partial charge in [0.1, 0.15) is 0 Å². The summed E-state index contributed by atoms with van der Waals surface area (Å²) in [4.78, 5) is 27.1. The van der Waals surface area contributed by atoms with E-state index in [0.29, 0.717) is 38.1 Å². The number of unbranched alkanes of at least 4 members (excludes halogenated alkanes) is 29. The Kier molecular flexibility index (Phi) is 47.5. The Labute approximate surface area is 406 Å². The van der Waals surface area contributed by atoms with Crippen LogP contribution in [-0.2, 0) is 19.1 Å². The van der Waals surface area contributed by atoms with Crippen molar-refractivity contribution in [2.45, 2.75) is 322 Å². The highest BCUT2D eigenvalue weighted by molar-refractivity contribution is 5.69. The van der Waals surface area contributed by atoms with E-state index >= 15 is 0 Å². The van der Waals surface area contributed by atoms with Crippen LogP contribution >= 0.6 is 0 Å². The molecule has 0 atom stereocenters. The van der Waals surface area contributed by atoms with Gasteiger partial charge in [0.15, 0.2) is 0 Å². The number of carbonyl (C=O) groups is 2. The fourth-order valence-electron chi connectivity index (χ4n) is 9.25. The van der Waals surface area contributed by atoms with Crippen LogP contribution in [0, 0.1) is 0 Å². The van der Waals surface area contributed by atoms with Crippen molar-refractivity contribution in [1.82, 2.24) is 4.90 Å². The first-order valence-corrected chi connectivity index (χ1v) is 28.7. The van der Waals surface area contributed by atoms with E-state index < -0.39 is 5.60 Å².